The maximum atomic E-state index is 12.2. The topological polar surface area (TPSA) is 69.6 Å². The SMILES string of the molecule is N#CCCCn1c(-c2cccs2)ccc(C#N)c1=O. The summed E-state index contributed by atoms with van der Waals surface area (Å²) >= 11 is 1.54. The van der Waals surface area contributed by atoms with Gasteiger partial charge in [-0.05, 0) is 30.0 Å². The molecular weight excluding hydrogens is 258 g/mol. The van der Waals surface area contributed by atoms with Crippen molar-refractivity contribution in [3.05, 3.63) is 45.6 Å². The van der Waals surface area contributed by atoms with E-state index in [0.29, 0.717) is 19.4 Å². The zero-order chi connectivity index (χ0) is 13.7. The average Bonchev–Trinajstić information content (AvgIpc) is 2.94. The lowest BCUT2D eigenvalue weighted by atomic mass is 10.2. The highest BCUT2D eigenvalue weighted by atomic mass is 32.1. The van der Waals surface area contributed by atoms with Crippen molar-refractivity contribution in [1.29, 1.82) is 10.5 Å². The molecule has 0 unspecified atom stereocenters. The maximum Gasteiger partial charge on any atom is 0.268 e. The number of pyridine rings is 1. The van der Waals surface area contributed by atoms with E-state index in [4.69, 9.17) is 10.5 Å². The first kappa shape index (κ1) is 13.1. The van der Waals surface area contributed by atoms with Crippen LogP contribution in [0.1, 0.15) is 18.4 Å². The predicted molar refractivity (Wildman–Crippen MR) is 73.6 cm³/mol. The van der Waals surface area contributed by atoms with E-state index >= 15 is 0 Å². The minimum atomic E-state index is -0.286. The van der Waals surface area contributed by atoms with E-state index in [-0.39, 0.29) is 11.1 Å². The number of rotatable bonds is 4. The number of thiophene rings is 1. The number of hydrogen-bond donors (Lipinski definition) is 0. The number of nitriles is 2. The van der Waals surface area contributed by atoms with E-state index in [9.17, 15) is 4.79 Å². The Bertz CT molecular complexity index is 702. The highest BCUT2D eigenvalue weighted by Crippen LogP contribution is 2.24. The van der Waals surface area contributed by atoms with E-state index in [2.05, 4.69) is 6.07 Å². The molecule has 0 aliphatic heterocycles. The van der Waals surface area contributed by atoms with Crippen LogP contribution in [0.4, 0.5) is 0 Å². The molecule has 4 nitrogen and oxygen atoms in total. The molecule has 2 aromatic heterocycles. The lowest BCUT2D eigenvalue weighted by Gasteiger charge is -2.11. The van der Waals surface area contributed by atoms with E-state index in [1.807, 2.05) is 23.6 Å². The van der Waals surface area contributed by atoms with Crippen molar-refractivity contribution < 1.29 is 0 Å². The minimum Gasteiger partial charge on any atom is -0.306 e. The molecule has 0 spiro atoms. The van der Waals surface area contributed by atoms with Crippen molar-refractivity contribution >= 4 is 11.3 Å². The summed E-state index contributed by atoms with van der Waals surface area (Å²) in [7, 11) is 0. The molecule has 0 aliphatic carbocycles. The van der Waals surface area contributed by atoms with Crippen LogP contribution in [0.25, 0.3) is 10.6 Å². The van der Waals surface area contributed by atoms with Crippen LogP contribution in [0.5, 0.6) is 0 Å². The normalized spacial score (nSPS) is 9.79. The molecule has 0 amide bonds. The van der Waals surface area contributed by atoms with Crippen LogP contribution in [0.3, 0.4) is 0 Å². The molecular formula is C14H11N3OS. The first-order chi connectivity index (χ1) is 9.27. The molecule has 5 heteroatoms. The first-order valence-corrected chi connectivity index (χ1v) is 6.70. The third kappa shape index (κ3) is 2.73. The van der Waals surface area contributed by atoms with Gasteiger partial charge >= 0.3 is 0 Å². The first-order valence-electron chi connectivity index (χ1n) is 5.82. The summed E-state index contributed by atoms with van der Waals surface area (Å²) in [6, 6.07) is 11.2. The zero-order valence-electron chi connectivity index (χ0n) is 10.2. The maximum absolute atomic E-state index is 12.2. The van der Waals surface area contributed by atoms with Crippen LogP contribution in [0.2, 0.25) is 0 Å². The predicted octanol–water partition coefficient (Wildman–Crippen LogP) is 2.75. The standard InChI is InChI=1S/C14H11N3OS/c15-7-1-2-8-17-12(13-4-3-9-19-13)6-5-11(10-16)14(17)18/h3-6,9H,1-2,8H2. The van der Waals surface area contributed by atoms with Crippen LogP contribution in [0, 0.1) is 22.7 Å². The Kier molecular flexibility index (Phi) is 4.12. The van der Waals surface area contributed by atoms with Gasteiger partial charge in [-0.2, -0.15) is 10.5 Å². The second kappa shape index (κ2) is 5.99. The van der Waals surface area contributed by atoms with Gasteiger partial charge in [0, 0.05) is 13.0 Å². The Morgan fingerprint density at radius 2 is 2.11 bits per heavy atom. The molecule has 2 rings (SSSR count). The molecule has 0 saturated carbocycles. The molecule has 0 atom stereocenters. The third-order valence-corrected chi connectivity index (χ3v) is 3.63. The summed E-state index contributed by atoms with van der Waals surface area (Å²) in [5.41, 5.74) is 0.653. The summed E-state index contributed by atoms with van der Waals surface area (Å²) in [4.78, 5) is 13.2. The lowest BCUT2D eigenvalue weighted by Crippen LogP contribution is -2.23. The van der Waals surface area contributed by atoms with E-state index < -0.39 is 0 Å². The van der Waals surface area contributed by atoms with Gasteiger partial charge in [-0.1, -0.05) is 6.07 Å². The molecule has 0 aliphatic rings. The van der Waals surface area contributed by atoms with Crippen molar-refractivity contribution in [2.75, 3.05) is 0 Å². The van der Waals surface area contributed by atoms with Gasteiger partial charge in [0.15, 0.2) is 0 Å². The van der Waals surface area contributed by atoms with Crippen molar-refractivity contribution in [3.8, 4) is 22.7 Å². The second-order valence-electron chi connectivity index (χ2n) is 3.94. The quantitative estimate of drug-likeness (QED) is 0.801. The van der Waals surface area contributed by atoms with Crippen LogP contribution in [-0.4, -0.2) is 4.57 Å². The van der Waals surface area contributed by atoms with Gasteiger partial charge in [-0.15, -0.1) is 11.3 Å². The molecule has 0 radical (unpaired) electrons. The van der Waals surface area contributed by atoms with Gasteiger partial charge in [0.1, 0.15) is 11.6 Å². The molecule has 0 N–H and O–H groups in total. The Labute approximate surface area is 114 Å². The van der Waals surface area contributed by atoms with Crippen LogP contribution < -0.4 is 5.56 Å². The Morgan fingerprint density at radius 3 is 2.74 bits per heavy atom. The summed E-state index contributed by atoms with van der Waals surface area (Å²) in [6.45, 7) is 0.454. The Balaban J connectivity index is 2.49. The van der Waals surface area contributed by atoms with E-state index in [1.165, 1.54) is 0 Å². The van der Waals surface area contributed by atoms with Crippen LogP contribution >= 0.6 is 11.3 Å². The van der Waals surface area contributed by atoms with Gasteiger partial charge in [0.05, 0.1) is 16.6 Å². The monoisotopic (exact) mass is 269 g/mol. The van der Waals surface area contributed by atoms with Crippen LogP contribution in [0.15, 0.2) is 34.4 Å². The third-order valence-electron chi connectivity index (χ3n) is 2.74. The highest BCUT2D eigenvalue weighted by Gasteiger charge is 2.10. The highest BCUT2D eigenvalue weighted by molar-refractivity contribution is 7.13. The van der Waals surface area contributed by atoms with Gasteiger partial charge in [0.25, 0.3) is 5.56 Å². The number of aromatic nitrogens is 1. The summed E-state index contributed by atoms with van der Waals surface area (Å²) in [5.74, 6) is 0. The fourth-order valence-electron chi connectivity index (χ4n) is 1.84. The molecule has 0 aromatic carbocycles. The summed E-state index contributed by atoms with van der Waals surface area (Å²) in [6.07, 6.45) is 0.997. The molecule has 0 bridgehead atoms. The van der Waals surface area contributed by atoms with Gasteiger partial charge in [0.2, 0.25) is 0 Å². The fourth-order valence-corrected chi connectivity index (χ4v) is 2.60. The Hall–Kier alpha value is -2.37. The zero-order valence-corrected chi connectivity index (χ0v) is 11.0. The van der Waals surface area contributed by atoms with Crippen molar-refractivity contribution in [3.63, 3.8) is 0 Å². The smallest absolute Gasteiger partial charge is 0.268 e. The molecule has 2 aromatic rings. The van der Waals surface area contributed by atoms with Gasteiger partial charge in [-0.25, -0.2) is 0 Å². The van der Waals surface area contributed by atoms with E-state index in [0.717, 1.165) is 10.6 Å². The molecule has 0 fully saturated rings. The van der Waals surface area contributed by atoms with E-state index in [1.54, 1.807) is 28.0 Å². The summed E-state index contributed by atoms with van der Waals surface area (Å²) in [5, 5.41) is 19.4. The Morgan fingerprint density at radius 1 is 1.26 bits per heavy atom. The minimum absolute atomic E-state index is 0.136. The molecule has 94 valence electrons. The van der Waals surface area contributed by atoms with Crippen molar-refractivity contribution in [1.82, 2.24) is 4.57 Å². The van der Waals surface area contributed by atoms with Crippen LogP contribution in [-0.2, 0) is 6.54 Å². The number of hydrogen-bond acceptors (Lipinski definition) is 4. The number of nitrogens with zero attached hydrogens (tertiary/aromatic N) is 3. The van der Waals surface area contributed by atoms with Gasteiger partial charge in [-0.3, -0.25) is 4.79 Å². The summed E-state index contributed by atoms with van der Waals surface area (Å²) < 4.78 is 1.59. The van der Waals surface area contributed by atoms with Crippen molar-refractivity contribution in [2.45, 2.75) is 19.4 Å². The van der Waals surface area contributed by atoms with Crippen molar-refractivity contribution in [2.24, 2.45) is 0 Å². The fraction of sp³-hybridized carbons (Fsp3) is 0.214. The lowest BCUT2D eigenvalue weighted by molar-refractivity contribution is 0.637. The largest absolute Gasteiger partial charge is 0.306 e. The average molecular weight is 269 g/mol. The van der Waals surface area contributed by atoms with Gasteiger partial charge < -0.3 is 4.57 Å². The number of unbranched alkanes of at least 4 members (excludes halogenated alkanes) is 1. The molecule has 0 saturated heterocycles. The second-order valence-corrected chi connectivity index (χ2v) is 4.89. The molecule has 19 heavy (non-hydrogen) atoms. The molecule has 2 heterocycles.